The van der Waals surface area contributed by atoms with Crippen molar-refractivity contribution in [3.63, 3.8) is 0 Å². The molecule has 4 heterocycles. The molecule has 6 N–H and O–H groups in total. The number of nitrogens with one attached hydrogen (secondary N) is 4. The minimum atomic E-state index is -0.922. The van der Waals surface area contributed by atoms with E-state index >= 15 is 0 Å². The first kappa shape index (κ1) is 30.8. The maximum absolute atomic E-state index is 12.3. The van der Waals surface area contributed by atoms with E-state index in [0.29, 0.717) is 40.1 Å². The lowest BCUT2D eigenvalue weighted by Crippen LogP contribution is -2.15. The summed E-state index contributed by atoms with van der Waals surface area (Å²) in [5.74, 6) is -2.25. The van der Waals surface area contributed by atoms with Crippen molar-refractivity contribution in [2.75, 3.05) is 0 Å². The molecule has 0 bridgehead atoms. The molecule has 2 amide bonds. The van der Waals surface area contributed by atoms with Crippen LogP contribution in [0.5, 0.6) is 0 Å². The highest BCUT2D eigenvalue weighted by atomic mass is 16.4. The van der Waals surface area contributed by atoms with Crippen LogP contribution >= 0.6 is 0 Å². The molecule has 10 nitrogen and oxygen atoms in total. The molecule has 2 aliphatic rings. The third-order valence-electron chi connectivity index (χ3n) is 8.10. The second kappa shape index (κ2) is 12.4. The van der Waals surface area contributed by atoms with E-state index in [1.165, 1.54) is 0 Å². The number of amides is 2. The third kappa shape index (κ3) is 6.23. The van der Waals surface area contributed by atoms with Gasteiger partial charge in [-0.05, 0) is 74.9 Å². The maximum Gasteiger partial charge on any atom is 0.303 e. The van der Waals surface area contributed by atoms with Crippen molar-refractivity contribution in [2.24, 2.45) is 0 Å². The van der Waals surface area contributed by atoms with Crippen LogP contribution < -0.4 is 10.6 Å². The van der Waals surface area contributed by atoms with E-state index < -0.39 is 11.9 Å². The standard InChI is InChI=1S/C33H36N4O6/c1-7-20-18(5)32(42)36-26(20)13-24-16(3)22(9-11-30(38)39)28(34-24)15-29-23(10-12-31(40)41)17(4)25(35-29)14-27-21(8-2)19(6)33(43)37-27/h7-8,13-14,34-35H,1-2,9-12,15H2,3-6H3,(H,36,42)(H,37,43)(H,38,39)(H,40,41)/b26-13+,27-14+. The molecule has 2 aromatic heterocycles. The number of carbonyl (C=O) groups is 4. The minimum Gasteiger partial charge on any atom is -0.481 e. The number of hydrogen-bond acceptors (Lipinski definition) is 4. The van der Waals surface area contributed by atoms with Crippen molar-refractivity contribution < 1.29 is 29.4 Å². The van der Waals surface area contributed by atoms with Crippen LogP contribution in [0.25, 0.3) is 12.2 Å². The van der Waals surface area contributed by atoms with Crippen molar-refractivity contribution in [1.29, 1.82) is 0 Å². The summed E-state index contributed by atoms with van der Waals surface area (Å²) in [6, 6.07) is 0. The van der Waals surface area contributed by atoms with E-state index in [4.69, 9.17) is 0 Å². The van der Waals surface area contributed by atoms with E-state index in [-0.39, 0.29) is 37.5 Å². The van der Waals surface area contributed by atoms with Gasteiger partial charge in [0, 0.05) is 64.3 Å². The smallest absolute Gasteiger partial charge is 0.303 e. The first-order valence-corrected chi connectivity index (χ1v) is 13.9. The predicted octanol–water partition coefficient (Wildman–Crippen LogP) is 4.53. The summed E-state index contributed by atoms with van der Waals surface area (Å²) in [4.78, 5) is 54.5. The van der Waals surface area contributed by atoms with Crippen LogP contribution in [-0.2, 0) is 38.4 Å². The Morgan fingerprint density at radius 3 is 1.40 bits per heavy atom. The summed E-state index contributed by atoms with van der Waals surface area (Å²) in [5, 5.41) is 24.6. The van der Waals surface area contributed by atoms with Gasteiger partial charge in [0.25, 0.3) is 11.8 Å². The van der Waals surface area contributed by atoms with Crippen LogP contribution in [0.15, 0.2) is 59.0 Å². The largest absolute Gasteiger partial charge is 0.481 e. The monoisotopic (exact) mass is 584 g/mol. The van der Waals surface area contributed by atoms with E-state index in [2.05, 4.69) is 33.8 Å². The highest BCUT2D eigenvalue weighted by Crippen LogP contribution is 2.31. The van der Waals surface area contributed by atoms with Gasteiger partial charge in [0.1, 0.15) is 0 Å². The van der Waals surface area contributed by atoms with Crippen molar-refractivity contribution in [2.45, 2.75) is 59.8 Å². The number of carboxylic acid groups (broad SMARTS) is 2. The average molecular weight is 585 g/mol. The third-order valence-corrected chi connectivity index (χ3v) is 8.10. The number of aromatic nitrogens is 2. The van der Waals surface area contributed by atoms with E-state index in [1.54, 1.807) is 26.0 Å². The maximum atomic E-state index is 12.3. The van der Waals surface area contributed by atoms with Gasteiger partial charge in [0.2, 0.25) is 0 Å². The molecule has 0 aromatic carbocycles. The molecule has 0 fully saturated rings. The number of H-pyrrole nitrogens is 2. The molecule has 10 heteroatoms. The topological polar surface area (TPSA) is 164 Å². The van der Waals surface area contributed by atoms with Crippen LogP contribution in [-0.4, -0.2) is 43.9 Å². The number of aromatic amines is 2. The Balaban J connectivity index is 1.81. The quantitative estimate of drug-likeness (QED) is 0.215. The summed E-state index contributed by atoms with van der Waals surface area (Å²) in [6.07, 6.45) is 7.67. The van der Waals surface area contributed by atoms with Gasteiger partial charge >= 0.3 is 11.9 Å². The van der Waals surface area contributed by atoms with Crippen LogP contribution in [0.4, 0.5) is 0 Å². The van der Waals surface area contributed by atoms with Gasteiger partial charge in [-0.2, -0.15) is 0 Å². The number of rotatable bonds is 12. The second-order valence-electron chi connectivity index (χ2n) is 10.7. The minimum absolute atomic E-state index is 0.0714. The molecule has 0 atom stereocenters. The molecule has 4 rings (SSSR count). The van der Waals surface area contributed by atoms with Crippen molar-refractivity contribution in [1.82, 2.24) is 20.6 Å². The first-order valence-electron chi connectivity index (χ1n) is 13.9. The van der Waals surface area contributed by atoms with Crippen LogP contribution in [0, 0.1) is 13.8 Å². The Morgan fingerprint density at radius 2 is 1.07 bits per heavy atom. The Morgan fingerprint density at radius 1 is 0.698 bits per heavy atom. The number of carbonyl (C=O) groups excluding carboxylic acids is 2. The Bertz CT molecular complexity index is 1580. The fourth-order valence-corrected chi connectivity index (χ4v) is 5.61. The Labute approximate surface area is 249 Å². The van der Waals surface area contributed by atoms with E-state index in [9.17, 15) is 29.4 Å². The Hall–Kier alpha value is -5.12. The zero-order valence-electron chi connectivity index (χ0n) is 24.8. The van der Waals surface area contributed by atoms with Gasteiger partial charge in [-0.15, -0.1) is 0 Å². The molecule has 0 radical (unpaired) electrons. The lowest BCUT2D eigenvalue weighted by atomic mass is 9.98. The lowest BCUT2D eigenvalue weighted by Gasteiger charge is -2.07. The number of aliphatic carboxylic acids is 2. The number of allylic oxidation sites excluding steroid dienone is 2. The van der Waals surface area contributed by atoms with Gasteiger partial charge in [0.05, 0.1) is 11.4 Å². The normalized spacial score (nSPS) is 16.8. The molecule has 2 aromatic rings. The zero-order chi connectivity index (χ0) is 31.6. The first-order chi connectivity index (χ1) is 20.4. The molecule has 224 valence electrons. The number of carboxylic acids is 2. The van der Waals surface area contributed by atoms with Crippen LogP contribution in [0.2, 0.25) is 0 Å². The van der Waals surface area contributed by atoms with Gasteiger partial charge in [-0.25, -0.2) is 0 Å². The molecular formula is C33H36N4O6. The predicted molar refractivity (Wildman–Crippen MR) is 164 cm³/mol. The second-order valence-corrected chi connectivity index (χ2v) is 10.7. The summed E-state index contributed by atoms with van der Waals surface area (Å²) >= 11 is 0. The van der Waals surface area contributed by atoms with Crippen LogP contribution in [0.3, 0.4) is 0 Å². The summed E-state index contributed by atoms with van der Waals surface area (Å²) in [5.41, 5.74) is 10.1. The lowest BCUT2D eigenvalue weighted by molar-refractivity contribution is -0.138. The van der Waals surface area contributed by atoms with Crippen LogP contribution in [0.1, 0.15) is 71.7 Å². The van der Waals surface area contributed by atoms with Crippen molar-refractivity contribution >= 4 is 35.9 Å². The zero-order valence-corrected chi connectivity index (χ0v) is 24.8. The van der Waals surface area contributed by atoms with Crippen molar-refractivity contribution in [3.05, 3.63) is 104 Å². The molecule has 0 aliphatic carbocycles. The van der Waals surface area contributed by atoms with E-state index in [1.807, 2.05) is 26.0 Å². The van der Waals surface area contributed by atoms with Gasteiger partial charge in [-0.1, -0.05) is 25.3 Å². The van der Waals surface area contributed by atoms with Gasteiger partial charge in [-0.3, -0.25) is 19.2 Å². The highest BCUT2D eigenvalue weighted by Gasteiger charge is 2.25. The molecule has 43 heavy (non-hydrogen) atoms. The fourth-order valence-electron chi connectivity index (χ4n) is 5.61. The molecule has 0 saturated heterocycles. The SMILES string of the molecule is C=CC1=C(C)C(=O)N/C1=C/c1[nH]c(Cc2[nH]c(/C=C3/NC(=O)C(C)=C3C=C)c(C)c2CCC(=O)O)c(CCC(=O)O)c1C. The summed E-state index contributed by atoms with van der Waals surface area (Å²) < 4.78 is 0. The summed E-state index contributed by atoms with van der Waals surface area (Å²) in [7, 11) is 0. The molecule has 2 aliphatic heterocycles. The summed E-state index contributed by atoms with van der Waals surface area (Å²) in [6.45, 7) is 14.9. The molecular weight excluding hydrogens is 548 g/mol. The van der Waals surface area contributed by atoms with Gasteiger partial charge in [0.15, 0.2) is 0 Å². The molecule has 0 unspecified atom stereocenters. The number of hydrogen-bond donors (Lipinski definition) is 6. The highest BCUT2D eigenvalue weighted by molar-refractivity contribution is 6.02. The Kier molecular flexibility index (Phi) is 8.89. The van der Waals surface area contributed by atoms with E-state index in [0.717, 1.165) is 45.0 Å². The average Bonchev–Trinajstić information content (AvgIpc) is 3.59. The van der Waals surface area contributed by atoms with Gasteiger partial charge < -0.3 is 30.8 Å². The fraction of sp³-hybridized carbons (Fsp3) is 0.273. The van der Waals surface area contributed by atoms with Crippen molar-refractivity contribution in [3.8, 4) is 0 Å². The molecule has 0 spiro atoms. The molecule has 0 saturated carbocycles.